The molecule has 4 aromatic rings. The van der Waals surface area contributed by atoms with E-state index in [1.807, 2.05) is 0 Å². The number of rotatable bonds is 5. The Kier molecular flexibility index (Phi) is 11.9. The molecule has 0 nitrogen and oxygen atoms in total. The van der Waals surface area contributed by atoms with Gasteiger partial charge in [0.05, 0.1) is 0 Å². The van der Waals surface area contributed by atoms with Crippen LogP contribution in [0.3, 0.4) is 0 Å². The molecule has 2 aliphatic rings. The maximum atomic E-state index is 2.63. The Morgan fingerprint density at radius 1 is 0.633 bits per heavy atom. The van der Waals surface area contributed by atoms with Crippen molar-refractivity contribution in [3.05, 3.63) is 145 Å². The Hall–Kier alpha value is -2.31. The minimum atomic E-state index is -2.89. The zero-order chi connectivity index (χ0) is 33.9. The molecular formula is C46H54Cl2Zr. The van der Waals surface area contributed by atoms with E-state index >= 15 is 0 Å². The fraction of sp³-hybridized carbons (Fsp3) is 0.370. The van der Waals surface area contributed by atoms with Crippen molar-refractivity contribution in [1.29, 1.82) is 0 Å². The zero-order valence-corrected chi connectivity index (χ0v) is 35.5. The van der Waals surface area contributed by atoms with Gasteiger partial charge in [-0.2, -0.15) is 0 Å². The summed E-state index contributed by atoms with van der Waals surface area (Å²) >= 11 is -2.89. The van der Waals surface area contributed by atoms with E-state index in [1.165, 1.54) is 38.9 Å². The van der Waals surface area contributed by atoms with Gasteiger partial charge in [0.15, 0.2) is 0 Å². The molecule has 0 saturated heterocycles. The normalized spacial score (nSPS) is 15.4. The second-order valence-corrected chi connectivity index (χ2v) is 22.7. The summed E-state index contributed by atoms with van der Waals surface area (Å²) in [4.78, 5) is 0. The zero-order valence-electron chi connectivity index (χ0n) is 31.5. The van der Waals surface area contributed by atoms with Crippen LogP contribution >= 0.6 is 0 Å². The van der Waals surface area contributed by atoms with Crippen LogP contribution in [-0.2, 0) is 38.5 Å². The van der Waals surface area contributed by atoms with Crippen LogP contribution in [0.15, 0.2) is 111 Å². The molecule has 6 rings (SSSR count). The average molecular weight is 769 g/mol. The van der Waals surface area contributed by atoms with Gasteiger partial charge in [-0.25, -0.2) is 0 Å². The minimum Gasteiger partial charge on any atom is -1.00 e. The number of halogens is 2. The molecule has 0 saturated carbocycles. The van der Waals surface area contributed by atoms with Gasteiger partial charge in [0.25, 0.3) is 0 Å². The van der Waals surface area contributed by atoms with Gasteiger partial charge >= 0.3 is 295 Å². The molecule has 0 aromatic heterocycles. The van der Waals surface area contributed by atoms with Gasteiger partial charge < -0.3 is 24.8 Å². The fourth-order valence-electron chi connectivity index (χ4n) is 7.85. The quantitative estimate of drug-likeness (QED) is 0.217. The molecule has 0 bridgehead atoms. The predicted octanol–water partition coefficient (Wildman–Crippen LogP) is 5.66. The van der Waals surface area contributed by atoms with Gasteiger partial charge in [-0.05, 0) is 0 Å². The Morgan fingerprint density at radius 3 is 1.63 bits per heavy atom. The largest absolute Gasteiger partial charge is 1.00 e. The molecule has 49 heavy (non-hydrogen) atoms. The van der Waals surface area contributed by atoms with E-state index in [4.69, 9.17) is 0 Å². The van der Waals surface area contributed by atoms with E-state index in [0.717, 1.165) is 12.8 Å². The van der Waals surface area contributed by atoms with E-state index in [9.17, 15) is 0 Å². The molecule has 0 amide bonds. The first-order chi connectivity index (χ1) is 22.1. The first-order valence-corrected chi connectivity index (χ1v) is 21.4. The topological polar surface area (TPSA) is 0 Å². The Balaban J connectivity index is 0.00000270. The summed E-state index contributed by atoms with van der Waals surface area (Å²) in [5, 5.41) is 0. The van der Waals surface area contributed by atoms with Gasteiger partial charge in [-0.3, -0.25) is 0 Å². The van der Waals surface area contributed by atoms with Gasteiger partial charge in [0.1, 0.15) is 0 Å². The van der Waals surface area contributed by atoms with Crippen LogP contribution in [0.1, 0.15) is 116 Å². The molecule has 0 heterocycles. The number of allylic oxidation sites excluding steroid dienone is 4. The van der Waals surface area contributed by atoms with Crippen LogP contribution in [0.4, 0.5) is 0 Å². The summed E-state index contributed by atoms with van der Waals surface area (Å²) in [6.07, 6.45) is 4.75. The standard InChI is InChI=1S/C21H26.C13H9.C12H19.2ClH.Zr/c1-20(2,3)18-11-7-16(8-12-18)15-17-9-13-19(14-10-17)21(4,5)6;1-3-7-12-10(5-1)9-11-6-2-4-8-13(11)12;1-6-10-7-9(2)8-11(10)12(3,4)5;;;/h7-14H,1-6H3;1-5,7-8H,9H2;8-9H,6H2,1-5H3;2*1H;/q;;;;;+2/p-2. The van der Waals surface area contributed by atoms with E-state index in [0.29, 0.717) is 5.92 Å². The molecule has 2 aliphatic carbocycles. The first-order valence-electron chi connectivity index (χ1n) is 17.7. The number of hydrogen-bond acceptors (Lipinski definition) is 0. The molecule has 1 unspecified atom stereocenters. The van der Waals surface area contributed by atoms with Gasteiger partial charge in [0, 0.05) is 0 Å². The molecule has 0 radical (unpaired) electrons. The molecule has 0 fully saturated rings. The van der Waals surface area contributed by atoms with Crippen LogP contribution in [-0.4, -0.2) is 3.21 Å². The predicted molar refractivity (Wildman–Crippen MR) is 202 cm³/mol. The maximum Gasteiger partial charge on any atom is -1.00 e. The van der Waals surface area contributed by atoms with Crippen molar-refractivity contribution < 1.29 is 46.1 Å². The summed E-state index contributed by atoms with van der Waals surface area (Å²) in [7, 11) is 0. The second kappa shape index (κ2) is 14.7. The average Bonchev–Trinajstić information content (AvgIpc) is 3.57. The van der Waals surface area contributed by atoms with Gasteiger partial charge in [-0.1, -0.05) is 0 Å². The Labute approximate surface area is 317 Å². The summed E-state index contributed by atoms with van der Waals surface area (Å²) in [6.45, 7) is 26.0. The van der Waals surface area contributed by atoms with Crippen molar-refractivity contribution >= 4 is 6.48 Å². The maximum absolute atomic E-state index is 2.89. The summed E-state index contributed by atoms with van der Waals surface area (Å²) < 4.78 is 5.06. The van der Waals surface area contributed by atoms with Crippen molar-refractivity contribution in [2.75, 3.05) is 0 Å². The minimum absolute atomic E-state index is 0. The Bertz CT molecular complexity index is 1860. The SMILES string of the molecule is CCC1=[C]([Zr+2](=[C](c2ccc(C(C)(C)C)cc2)c2ccc(C(C)(C)C)cc2)[c]2cccc3c2Cc2ccccc2-3)C(C)C=C1C(C)(C)C.[Cl-].[Cl-]. The van der Waals surface area contributed by atoms with E-state index in [1.54, 1.807) is 26.5 Å². The van der Waals surface area contributed by atoms with Crippen LogP contribution in [0.5, 0.6) is 0 Å². The molecule has 4 aromatic carbocycles. The summed E-state index contributed by atoms with van der Waals surface area (Å²) in [5.74, 6) is 0.436. The van der Waals surface area contributed by atoms with Crippen molar-refractivity contribution in [2.24, 2.45) is 11.3 Å². The second-order valence-electron chi connectivity index (χ2n) is 16.9. The first kappa shape index (κ1) is 39.5. The van der Waals surface area contributed by atoms with Crippen molar-refractivity contribution in [3.8, 4) is 11.1 Å². The van der Waals surface area contributed by atoms with Gasteiger partial charge in [0.2, 0.25) is 0 Å². The smallest absolute Gasteiger partial charge is 1.00 e. The third-order valence-corrected chi connectivity index (χ3v) is 18.7. The number of benzene rings is 4. The van der Waals surface area contributed by atoms with Crippen molar-refractivity contribution in [2.45, 2.75) is 99.8 Å². The van der Waals surface area contributed by atoms with Crippen molar-refractivity contribution in [3.63, 3.8) is 0 Å². The molecule has 0 aliphatic heterocycles. The molecule has 256 valence electrons. The van der Waals surface area contributed by atoms with E-state index < -0.39 is 21.3 Å². The molecule has 3 heteroatoms. The monoisotopic (exact) mass is 766 g/mol. The number of fused-ring (bicyclic) bond motifs is 3. The van der Waals surface area contributed by atoms with Crippen LogP contribution in [0.25, 0.3) is 11.1 Å². The van der Waals surface area contributed by atoms with E-state index in [2.05, 4.69) is 173 Å². The number of hydrogen-bond donors (Lipinski definition) is 0. The molecule has 1 atom stereocenters. The Morgan fingerprint density at radius 2 is 1.14 bits per heavy atom. The molecular weight excluding hydrogens is 715 g/mol. The third kappa shape index (κ3) is 7.66. The molecule has 0 spiro atoms. The fourth-order valence-corrected chi connectivity index (χ4v) is 16.9. The summed E-state index contributed by atoms with van der Waals surface area (Å²) in [6, 6.07) is 35.8. The van der Waals surface area contributed by atoms with Crippen LogP contribution < -0.4 is 28.1 Å². The summed E-state index contributed by atoms with van der Waals surface area (Å²) in [5.41, 5.74) is 15.1. The van der Waals surface area contributed by atoms with Crippen LogP contribution in [0.2, 0.25) is 0 Å². The van der Waals surface area contributed by atoms with E-state index in [-0.39, 0.29) is 41.1 Å². The third-order valence-electron chi connectivity index (χ3n) is 10.4. The van der Waals surface area contributed by atoms with Gasteiger partial charge in [-0.15, -0.1) is 0 Å². The molecule has 0 N–H and O–H groups in total. The van der Waals surface area contributed by atoms with Crippen LogP contribution in [0, 0.1) is 11.3 Å². The van der Waals surface area contributed by atoms with Crippen molar-refractivity contribution in [1.82, 2.24) is 0 Å².